The van der Waals surface area contributed by atoms with E-state index in [1.807, 2.05) is 4.68 Å². The van der Waals surface area contributed by atoms with Crippen LogP contribution >= 0.6 is 0 Å². The summed E-state index contributed by atoms with van der Waals surface area (Å²) < 4.78 is 1.94. The zero-order chi connectivity index (χ0) is 19.1. The number of hydrogen-bond acceptors (Lipinski definition) is 4. The molecule has 0 spiro atoms. The van der Waals surface area contributed by atoms with Gasteiger partial charge in [0, 0.05) is 0 Å². The Morgan fingerprint density at radius 3 is 2.64 bits per heavy atom. The number of nitrogen functional groups attached to an aromatic ring is 1. The van der Waals surface area contributed by atoms with Gasteiger partial charge < -0.3 is 11.1 Å². The molecule has 1 aliphatic heterocycles. The van der Waals surface area contributed by atoms with Crippen molar-refractivity contribution < 1.29 is 0 Å². The van der Waals surface area contributed by atoms with E-state index in [4.69, 9.17) is 5.73 Å². The summed E-state index contributed by atoms with van der Waals surface area (Å²) in [5.41, 5.74) is 9.81. The van der Waals surface area contributed by atoms with Gasteiger partial charge >= 0.3 is 0 Å². The molecular formula is C23H23N5. The standard InChI is InChI=1S/C23H23N5/c1-2-15-10-12-17(13-11-15)20-14-21(28-23(25-20)26-22(24)27-28)19-9-5-7-16-6-3-4-8-18(16)19/h3-13,20-21H,2,14H2,1H3,(H3,24,25,26,27)/t20-,21+/m1/s1. The topological polar surface area (TPSA) is 68.8 Å². The zero-order valence-electron chi connectivity index (χ0n) is 15.8. The molecule has 2 heterocycles. The van der Waals surface area contributed by atoms with E-state index in [-0.39, 0.29) is 12.1 Å². The molecule has 4 aromatic rings. The number of aromatic nitrogens is 3. The maximum atomic E-state index is 5.95. The van der Waals surface area contributed by atoms with Crippen LogP contribution in [0.15, 0.2) is 66.7 Å². The molecule has 5 nitrogen and oxygen atoms in total. The van der Waals surface area contributed by atoms with Crippen molar-refractivity contribution in [3.63, 3.8) is 0 Å². The molecule has 0 aliphatic carbocycles. The van der Waals surface area contributed by atoms with Gasteiger partial charge in [-0.1, -0.05) is 73.7 Å². The fourth-order valence-corrected chi connectivity index (χ4v) is 4.20. The lowest BCUT2D eigenvalue weighted by molar-refractivity contribution is 0.434. The van der Waals surface area contributed by atoms with E-state index < -0.39 is 0 Å². The second-order valence-corrected chi connectivity index (χ2v) is 7.35. The molecule has 0 amide bonds. The molecule has 28 heavy (non-hydrogen) atoms. The number of aryl methyl sites for hydroxylation is 1. The van der Waals surface area contributed by atoms with Gasteiger partial charge in [-0.05, 0) is 40.3 Å². The maximum Gasteiger partial charge on any atom is 0.241 e. The minimum absolute atomic E-state index is 0.0722. The van der Waals surface area contributed by atoms with Crippen molar-refractivity contribution in [3.8, 4) is 0 Å². The number of nitrogens with one attached hydrogen (secondary N) is 1. The SMILES string of the molecule is CCc1ccc([C@H]2C[C@@H](c3cccc4ccccc34)n3nc(N)nc3N2)cc1. The lowest BCUT2D eigenvalue weighted by atomic mass is 9.90. The average Bonchev–Trinajstić information content (AvgIpc) is 3.13. The molecule has 5 rings (SSSR count). The average molecular weight is 369 g/mol. The monoisotopic (exact) mass is 369 g/mol. The number of rotatable bonds is 3. The summed E-state index contributed by atoms with van der Waals surface area (Å²) in [6.45, 7) is 2.18. The smallest absolute Gasteiger partial charge is 0.241 e. The van der Waals surface area contributed by atoms with E-state index in [1.165, 1.54) is 27.5 Å². The molecule has 3 N–H and O–H groups in total. The van der Waals surface area contributed by atoms with Crippen LogP contribution < -0.4 is 11.1 Å². The van der Waals surface area contributed by atoms with Crippen molar-refractivity contribution in [3.05, 3.63) is 83.4 Å². The maximum absolute atomic E-state index is 5.95. The second-order valence-electron chi connectivity index (χ2n) is 7.35. The van der Waals surface area contributed by atoms with Crippen LogP contribution in [0.1, 0.15) is 42.1 Å². The largest absolute Gasteiger partial charge is 0.366 e. The molecule has 0 unspecified atom stereocenters. The molecule has 0 saturated heterocycles. The lowest BCUT2D eigenvalue weighted by Gasteiger charge is -2.32. The van der Waals surface area contributed by atoms with Crippen LogP contribution in [0.4, 0.5) is 11.9 Å². The van der Waals surface area contributed by atoms with E-state index in [0.29, 0.717) is 5.95 Å². The molecule has 1 aliphatic rings. The van der Waals surface area contributed by atoms with E-state index >= 15 is 0 Å². The van der Waals surface area contributed by atoms with Gasteiger partial charge in [0.05, 0.1) is 12.1 Å². The van der Waals surface area contributed by atoms with E-state index in [2.05, 4.69) is 89.1 Å². The minimum Gasteiger partial charge on any atom is -0.366 e. The highest BCUT2D eigenvalue weighted by Crippen LogP contribution is 2.40. The third-order valence-electron chi connectivity index (χ3n) is 5.68. The molecule has 2 atom stereocenters. The summed E-state index contributed by atoms with van der Waals surface area (Å²) in [5, 5.41) is 10.5. The van der Waals surface area contributed by atoms with Gasteiger partial charge in [0.2, 0.25) is 11.9 Å². The molecule has 1 aromatic heterocycles. The second kappa shape index (κ2) is 6.68. The van der Waals surface area contributed by atoms with Crippen molar-refractivity contribution in [2.45, 2.75) is 31.8 Å². The first kappa shape index (κ1) is 16.8. The highest BCUT2D eigenvalue weighted by molar-refractivity contribution is 5.86. The molecule has 5 heteroatoms. The van der Waals surface area contributed by atoms with Crippen LogP contribution in [-0.2, 0) is 6.42 Å². The summed E-state index contributed by atoms with van der Waals surface area (Å²) >= 11 is 0. The Labute approximate surface area is 164 Å². The summed E-state index contributed by atoms with van der Waals surface area (Å²) in [7, 11) is 0. The van der Waals surface area contributed by atoms with Crippen LogP contribution in [0, 0.1) is 0 Å². The Morgan fingerprint density at radius 1 is 1.04 bits per heavy atom. The highest BCUT2D eigenvalue weighted by atomic mass is 15.4. The van der Waals surface area contributed by atoms with Gasteiger partial charge in [0.25, 0.3) is 0 Å². The van der Waals surface area contributed by atoms with Crippen molar-refractivity contribution in [1.29, 1.82) is 0 Å². The van der Waals surface area contributed by atoms with Gasteiger partial charge in [-0.3, -0.25) is 0 Å². The van der Waals surface area contributed by atoms with Gasteiger partial charge in [-0.2, -0.15) is 4.98 Å². The van der Waals surface area contributed by atoms with Crippen molar-refractivity contribution >= 4 is 22.7 Å². The van der Waals surface area contributed by atoms with Crippen molar-refractivity contribution in [1.82, 2.24) is 14.8 Å². The third-order valence-corrected chi connectivity index (χ3v) is 5.68. The lowest BCUT2D eigenvalue weighted by Crippen LogP contribution is -2.28. The summed E-state index contributed by atoms with van der Waals surface area (Å²) in [6.07, 6.45) is 1.93. The molecule has 0 saturated carbocycles. The normalized spacial score (nSPS) is 18.6. The quantitative estimate of drug-likeness (QED) is 0.548. The van der Waals surface area contributed by atoms with Crippen molar-refractivity contribution in [2.24, 2.45) is 0 Å². The molecule has 0 radical (unpaired) electrons. The molecule has 3 aromatic carbocycles. The van der Waals surface area contributed by atoms with Crippen LogP contribution in [0.5, 0.6) is 0 Å². The molecule has 0 fully saturated rings. The minimum atomic E-state index is 0.0722. The molecular weight excluding hydrogens is 346 g/mol. The molecule has 0 bridgehead atoms. The number of hydrogen-bond donors (Lipinski definition) is 2. The summed E-state index contributed by atoms with van der Waals surface area (Å²) in [6, 6.07) is 24.0. The Balaban J connectivity index is 1.61. The van der Waals surface area contributed by atoms with E-state index in [1.54, 1.807) is 0 Å². The number of nitrogens with zero attached hydrogens (tertiary/aromatic N) is 3. The Bertz CT molecular complexity index is 1120. The van der Waals surface area contributed by atoms with Crippen LogP contribution in [-0.4, -0.2) is 14.8 Å². The first-order valence-corrected chi connectivity index (χ1v) is 9.78. The molecule has 140 valence electrons. The number of fused-ring (bicyclic) bond motifs is 2. The van der Waals surface area contributed by atoms with E-state index in [9.17, 15) is 0 Å². The fraction of sp³-hybridized carbons (Fsp3) is 0.217. The predicted octanol–water partition coefficient (Wildman–Crippen LogP) is 4.72. The first-order chi connectivity index (χ1) is 13.7. The highest BCUT2D eigenvalue weighted by Gasteiger charge is 2.31. The van der Waals surface area contributed by atoms with Crippen LogP contribution in [0.25, 0.3) is 10.8 Å². The summed E-state index contributed by atoms with van der Waals surface area (Å²) in [5.74, 6) is 1.03. The number of anilines is 2. The first-order valence-electron chi connectivity index (χ1n) is 9.78. The Morgan fingerprint density at radius 2 is 1.82 bits per heavy atom. The van der Waals surface area contributed by atoms with Crippen LogP contribution in [0.2, 0.25) is 0 Å². The number of nitrogens with two attached hydrogens (primary N) is 1. The Kier molecular flexibility index (Phi) is 4.01. The van der Waals surface area contributed by atoms with Gasteiger partial charge in [-0.15, -0.1) is 5.10 Å². The summed E-state index contributed by atoms with van der Waals surface area (Å²) in [4.78, 5) is 4.44. The Hall–Kier alpha value is -3.34. The predicted molar refractivity (Wildman–Crippen MR) is 113 cm³/mol. The third kappa shape index (κ3) is 2.80. The van der Waals surface area contributed by atoms with Crippen LogP contribution in [0.3, 0.4) is 0 Å². The van der Waals surface area contributed by atoms with E-state index in [0.717, 1.165) is 18.8 Å². The van der Waals surface area contributed by atoms with Gasteiger partial charge in [0.1, 0.15) is 0 Å². The van der Waals surface area contributed by atoms with Gasteiger partial charge in [-0.25, -0.2) is 4.68 Å². The number of benzene rings is 3. The fourth-order valence-electron chi connectivity index (χ4n) is 4.20. The van der Waals surface area contributed by atoms with Gasteiger partial charge in [0.15, 0.2) is 0 Å². The zero-order valence-corrected chi connectivity index (χ0v) is 15.8. The van der Waals surface area contributed by atoms with Crippen molar-refractivity contribution in [2.75, 3.05) is 11.1 Å².